The molecule has 0 heterocycles. The molecule has 0 spiro atoms. The van der Waals surface area contributed by atoms with Crippen LogP contribution in [0, 0.1) is 0 Å². The van der Waals surface area contributed by atoms with Crippen molar-refractivity contribution in [1.82, 2.24) is 5.32 Å². The van der Waals surface area contributed by atoms with Gasteiger partial charge in [0.25, 0.3) is 0 Å². The van der Waals surface area contributed by atoms with Gasteiger partial charge in [0.05, 0.1) is 0 Å². The Morgan fingerprint density at radius 2 is 1.95 bits per heavy atom. The van der Waals surface area contributed by atoms with Crippen LogP contribution in [0.4, 0.5) is 0 Å². The third-order valence-electron chi connectivity index (χ3n) is 3.92. The Labute approximate surface area is 120 Å². The highest BCUT2D eigenvalue weighted by Crippen LogP contribution is 2.37. The molecular weight excluding hydrogens is 246 g/mol. The summed E-state index contributed by atoms with van der Waals surface area (Å²) < 4.78 is 6.03. The smallest absolute Gasteiger partial charge is 0.123 e. The van der Waals surface area contributed by atoms with Crippen LogP contribution in [0.15, 0.2) is 48.5 Å². The molecule has 0 aliphatic heterocycles. The van der Waals surface area contributed by atoms with Gasteiger partial charge in [0.1, 0.15) is 12.4 Å². The average Bonchev–Trinajstić information content (AvgIpc) is 2.91. The van der Waals surface area contributed by atoms with Gasteiger partial charge >= 0.3 is 0 Å². The largest absolute Gasteiger partial charge is 0.489 e. The van der Waals surface area contributed by atoms with Gasteiger partial charge in [-0.1, -0.05) is 49.4 Å². The second kappa shape index (κ2) is 6.10. The number of hydrogen-bond acceptors (Lipinski definition) is 2. The van der Waals surface area contributed by atoms with Crippen LogP contribution in [0.3, 0.4) is 0 Å². The second-order valence-corrected chi connectivity index (χ2v) is 5.25. The Morgan fingerprint density at radius 3 is 2.75 bits per heavy atom. The number of hydrogen-bond donors (Lipinski definition) is 1. The molecule has 0 fully saturated rings. The van der Waals surface area contributed by atoms with Crippen molar-refractivity contribution >= 4 is 0 Å². The molecule has 2 aromatic rings. The standard InChI is InChI=1S/C18H21NO/c1-2-19-17-12-11-16-15(17)9-6-10-18(16)20-13-14-7-4-3-5-8-14/h3-10,17,19H,2,11-13H2,1H3/t17-/m1/s1. The number of rotatable bonds is 5. The molecule has 3 rings (SSSR count). The Bertz CT molecular complexity index is 565. The van der Waals surface area contributed by atoms with Crippen molar-refractivity contribution in [3.8, 4) is 5.75 Å². The maximum absolute atomic E-state index is 6.03. The first-order valence-corrected chi connectivity index (χ1v) is 7.40. The van der Waals surface area contributed by atoms with Gasteiger partial charge in [0.2, 0.25) is 0 Å². The molecule has 1 N–H and O–H groups in total. The zero-order valence-corrected chi connectivity index (χ0v) is 11.9. The van der Waals surface area contributed by atoms with Crippen LogP contribution in [0.5, 0.6) is 5.75 Å². The summed E-state index contributed by atoms with van der Waals surface area (Å²) in [5.41, 5.74) is 4.01. The molecule has 1 aliphatic rings. The lowest BCUT2D eigenvalue weighted by Crippen LogP contribution is -2.18. The van der Waals surface area contributed by atoms with Gasteiger partial charge in [-0.05, 0) is 42.1 Å². The van der Waals surface area contributed by atoms with E-state index in [-0.39, 0.29) is 0 Å². The van der Waals surface area contributed by atoms with Gasteiger partial charge in [-0.3, -0.25) is 0 Å². The summed E-state index contributed by atoms with van der Waals surface area (Å²) in [4.78, 5) is 0. The summed E-state index contributed by atoms with van der Waals surface area (Å²) in [5, 5.41) is 3.55. The predicted octanol–water partition coefficient (Wildman–Crippen LogP) is 3.86. The van der Waals surface area contributed by atoms with Crippen molar-refractivity contribution in [2.24, 2.45) is 0 Å². The van der Waals surface area contributed by atoms with E-state index in [0.29, 0.717) is 12.6 Å². The molecule has 0 saturated heterocycles. The van der Waals surface area contributed by atoms with E-state index in [1.54, 1.807) is 0 Å². The van der Waals surface area contributed by atoms with Crippen LogP contribution in [0.1, 0.15) is 36.1 Å². The van der Waals surface area contributed by atoms with Crippen LogP contribution in [0.25, 0.3) is 0 Å². The molecule has 2 heteroatoms. The highest BCUT2D eigenvalue weighted by atomic mass is 16.5. The zero-order valence-electron chi connectivity index (χ0n) is 11.9. The van der Waals surface area contributed by atoms with Gasteiger partial charge < -0.3 is 10.1 Å². The maximum atomic E-state index is 6.03. The first-order chi connectivity index (χ1) is 9.88. The average molecular weight is 267 g/mol. The maximum Gasteiger partial charge on any atom is 0.123 e. The van der Waals surface area contributed by atoms with Crippen LogP contribution in [-0.2, 0) is 13.0 Å². The normalized spacial score (nSPS) is 16.9. The first-order valence-electron chi connectivity index (χ1n) is 7.40. The van der Waals surface area contributed by atoms with Crippen LogP contribution in [-0.4, -0.2) is 6.54 Å². The number of ether oxygens (including phenoxy) is 1. The van der Waals surface area contributed by atoms with Crippen LogP contribution >= 0.6 is 0 Å². The lowest BCUT2D eigenvalue weighted by atomic mass is 10.1. The summed E-state index contributed by atoms with van der Waals surface area (Å²) in [5.74, 6) is 1.05. The van der Waals surface area contributed by atoms with E-state index in [1.807, 2.05) is 6.07 Å². The Balaban J connectivity index is 1.75. The molecule has 0 radical (unpaired) electrons. The highest BCUT2D eigenvalue weighted by molar-refractivity contribution is 5.45. The Kier molecular flexibility index (Phi) is 4.03. The molecule has 0 unspecified atom stereocenters. The first kappa shape index (κ1) is 13.2. The summed E-state index contributed by atoms with van der Waals surface area (Å²) in [6, 6.07) is 17.3. The minimum atomic E-state index is 0.496. The number of benzene rings is 2. The molecule has 104 valence electrons. The second-order valence-electron chi connectivity index (χ2n) is 5.25. The topological polar surface area (TPSA) is 21.3 Å². The highest BCUT2D eigenvalue weighted by Gasteiger charge is 2.24. The lowest BCUT2D eigenvalue weighted by Gasteiger charge is -2.14. The van der Waals surface area contributed by atoms with E-state index in [1.165, 1.54) is 23.1 Å². The summed E-state index contributed by atoms with van der Waals surface area (Å²) in [7, 11) is 0. The molecule has 1 aliphatic carbocycles. The zero-order chi connectivity index (χ0) is 13.8. The van der Waals surface area contributed by atoms with Crippen molar-refractivity contribution in [1.29, 1.82) is 0 Å². The van der Waals surface area contributed by atoms with Crippen LogP contribution in [0.2, 0.25) is 0 Å². The van der Waals surface area contributed by atoms with E-state index in [4.69, 9.17) is 4.74 Å². The third-order valence-corrected chi connectivity index (χ3v) is 3.92. The number of nitrogens with one attached hydrogen (secondary N) is 1. The molecular formula is C18H21NO. The summed E-state index contributed by atoms with van der Waals surface area (Å²) >= 11 is 0. The Morgan fingerprint density at radius 1 is 1.10 bits per heavy atom. The minimum Gasteiger partial charge on any atom is -0.489 e. The van der Waals surface area contributed by atoms with Gasteiger partial charge in [0.15, 0.2) is 0 Å². The fourth-order valence-electron chi connectivity index (χ4n) is 2.95. The molecule has 0 amide bonds. The quantitative estimate of drug-likeness (QED) is 0.888. The van der Waals surface area contributed by atoms with Gasteiger partial charge in [-0.15, -0.1) is 0 Å². The third kappa shape index (κ3) is 2.70. The van der Waals surface area contributed by atoms with Crippen molar-refractivity contribution in [2.75, 3.05) is 6.54 Å². The van der Waals surface area contributed by atoms with Crippen molar-refractivity contribution in [3.63, 3.8) is 0 Å². The van der Waals surface area contributed by atoms with E-state index in [2.05, 4.69) is 54.7 Å². The van der Waals surface area contributed by atoms with E-state index in [9.17, 15) is 0 Å². The van der Waals surface area contributed by atoms with Crippen molar-refractivity contribution in [2.45, 2.75) is 32.4 Å². The SMILES string of the molecule is CCN[C@@H]1CCc2c(OCc3ccccc3)cccc21. The molecule has 0 saturated carbocycles. The molecule has 20 heavy (non-hydrogen) atoms. The van der Waals surface area contributed by atoms with Crippen molar-refractivity contribution in [3.05, 3.63) is 65.2 Å². The van der Waals surface area contributed by atoms with E-state index in [0.717, 1.165) is 18.7 Å². The number of fused-ring (bicyclic) bond motifs is 1. The summed E-state index contributed by atoms with van der Waals surface area (Å²) in [6.07, 6.45) is 2.28. The van der Waals surface area contributed by atoms with E-state index >= 15 is 0 Å². The van der Waals surface area contributed by atoms with Gasteiger partial charge in [-0.25, -0.2) is 0 Å². The van der Waals surface area contributed by atoms with Crippen molar-refractivity contribution < 1.29 is 4.74 Å². The van der Waals surface area contributed by atoms with Gasteiger partial charge in [0, 0.05) is 6.04 Å². The molecule has 2 aromatic carbocycles. The fourth-order valence-corrected chi connectivity index (χ4v) is 2.95. The minimum absolute atomic E-state index is 0.496. The lowest BCUT2D eigenvalue weighted by molar-refractivity contribution is 0.303. The summed E-state index contributed by atoms with van der Waals surface area (Å²) in [6.45, 7) is 3.82. The van der Waals surface area contributed by atoms with Crippen LogP contribution < -0.4 is 10.1 Å². The molecule has 0 bridgehead atoms. The van der Waals surface area contributed by atoms with Gasteiger partial charge in [-0.2, -0.15) is 0 Å². The predicted molar refractivity (Wildman–Crippen MR) is 82.0 cm³/mol. The molecule has 1 atom stereocenters. The molecule has 2 nitrogen and oxygen atoms in total. The monoisotopic (exact) mass is 267 g/mol. The molecule has 0 aromatic heterocycles. The van der Waals surface area contributed by atoms with E-state index < -0.39 is 0 Å². The fraction of sp³-hybridized carbons (Fsp3) is 0.333. The Hall–Kier alpha value is -1.80.